The van der Waals surface area contributed by atoms with Gasteiger partial charge >= 0.3 is 0 Å². The predicted molar refractivity (Wildman–Crippen MR) is 111 cm³/mol. The first-order chi connectivity index (χ1) is 13.5. The van der Waals surface area contributed by atoms with Crippen LogP contribution in [-0.4, -0.2) is 29.7 Å². The molecule has 0 aromatic heterocycles. The second-order valence-corrected chi connectivity index (χ2v) is 7.26. The van der Waals surface area contributed by atoms with Crippen molar-refractivity contribution in [3.63, 3.8) is 0 Å². The number of ether oxygens (including phenoxy) is 2. The Kier molecular flexibility index (Phi) is 6.21. The maximum atomic E-state index is 12.3. The van der Waals surface area contributed by atoms with Crippen molar-refractivity contribution in [1.82, 2.24) is 4.90 Å². The highest BCUT2D eigenvalue weighted by molar-refractivity contribution is 8.18. The number of hydrogen-bond acceptors (Lipinski definition) is 5. The summed E-state index contributed by atoms with van der Waals surface area (Å²) >= 11 is 0.922. The average Bonchev–Trinajstić information content (AvgIpc) is 2.94. The Balaban J connectivity index is 1.77. The Morgan fingerprint density at radius 2 is 1.96 bits per heavy atom. The number of nitrogens with zero attached hydrogens (tertiary/aromatic N) is 1. The molecule has 1 aliphatic heterocycles. The van der Waals surface area contributed by atoms with Gasteiger partial charge < -0.3 is 9.47 Å². The van der Waals surface area contributed by atoms with Crippen LogP contribution in [0.5, 0.6) is 11.5 Å². The van der Waals surface area contributed by atoms with E-state index in [1.165, 1.54) is 16.5 Å². The van der Waals surface area contributed by atoms with E-state index in [0.717, 1.165) is 22.9 Å². The summed E-state index contributed by atoms with van der Waals surface area (Å²) in [5, 5.41) is -0.291. The van der Waals surface area contributed by atoms with Gasteiger partial charge in [0.2, 0.25) is 0 Å². The lowest BCUT2D eigenvalue weighted by Crippen LogP contribution is -2.27. The minimum absolute atomic E-state index is 0.205. The first-order valence-electron chi connectivity index (χ1n) is 8.74. The minimum Gasteiger partial charge on any atom is -0.493 e. The summed E-state index contributed by atoms with van der Waals surface area (Å²) < 4.78 is 11.3. The number of carbonyl (C=O) groups excluding carboxylic acids is 2. The molecule has 1 fully saturated rings. The van der Waals surface area contributed by atoms with Gasteiger partial charge in [-0.3, -0.25) is 14.5 Å². The molecule has 0 radical (unpaired) electrons. The van der Waals surface area contributed by atoms with E-state index in [4.69, 9.17) is 9.47 Å². The number of methoxy groups -OCH3 is 1. The Morgan fingerprint density at radius 3 is 2.68 bits per heavy atom. The average molecular weight is 395 g/mol. The summed E-state index contributed by atoms with van der Waals surface area (Å²) in [4.78, 5) is 25.8. The SMILES string of the molecule is C=CCN1C(=O)SC(=Cc2ccc(OCc3cccc(C)c3)c(OC)c2)C1=O. The zero-order valence-corrected chi connectivity index (χ0v) is 16.6. The summed E-state index contributed by atoms with van der Waals surface area (Å²) in [6, 6.07) is 13.5. The molecule has 0 bridgehead atoms. The number of amides is 2. The molecule has 5 nitrogen and oxygen atoms in total. The highest BCUT2D eigenvalue weighted by Gasteiger charge is 2.34. The van der Waals surface area contributed by atoms with Gasteiger partial charge in [0.25, 0.3) is 11.1 Å². The van der Waals surface area contributed by atoms with Crippen LogP contribution in [0.4, 0.5) is 4.79 Å². The number of aryl methyl sites for hydroxylation is 1. The van der Waals surface area contributed by atoms with Gasteiger partial charge in [0.15, 0.2) is 11.5 Å². The van der Waals surface area contributed by atoms with Crippen molar-refractivity contribution in [3.05, 3.63) is 76.7 Å². The maximum absolute atomic E-state index is 12.3. The normalized spacial score (nSPS) is 15.2. The number of thioether (sulfide) groups is 1. The summed E-state index contributed by atoms with van der Waals surface area (Å²) in [5.41, 5.74) is 3.00. The quantitative estimate of drug-likeness (QED) is 0.498. The zero-order chi connectivity index (χ0) is 20.1. The van der Waals surface area contributed by atoms with Crippen LogP contribution in [0.2, 0.25) is 0 Å². The van der Waals surface area contributed by atoms with E-state index in [0.29, 0.717) is 23.0 Å². The molecule has 28 heavy (non-hydrogen) atoms. The van der Waals surface area contributed by atoms with Crippen molar-refractivity contribution < 1.29 is 19.1 Å². The van der Waals surface area contributed by atoms with Crippen LogP contribution < -0.4 is 9.47 Å². The fourth-order valence-electron chi connectivity index (χ4n) is 2.79. The molecule has 6 heteroatoms. The molecule has 2 amide bonds. The molecule has 2 aromatic rings. The van der Waals surface area contributed by atoms with Gasteiger partial charge in [0, 0.05) is 6.54 Å². The van der Waals surface area contributed by atoms with Crippen molar-refractivity contribution in [2.75, 3.05) is 13.7 Å². The molecule has 0 spiro atoms. The Morgan fingerprint density at radius 1 is 1.14 bits per heavy atom. The molecule has 0 aliphatic carbocycles. The van der Waals surface area contributed by atoms with E-state index < -0.39 is 0 Å². The van der Waals surface area contributed by atoms with Gasteiger partial charge in [-0.05, 0) is 48.0 Å². The molecular weight excluding hydrogens is 374 g/mol. The lowest BCUT2D eigenvalue weighted by molar-refractivity contribution is -0.122. The van der Waals surface area contributed by atoms with Gasteiger partial charge in [0.05, 0.1) is 12.0 Å². The lowest BCUT2D eigenvalue weighted by Gasteiger charge is -2.12. The molecule has 1 heterocycles. The van der Waals surface area contributed by atoms with E-state index in [9.17, 15) is 9.59 Å². The van der Waals surface area contributed by atoms with Gasteiger partial charge in [-0.2, -0.15) is 0 Å². The molecular formula is C22H21NO4S. The third kappa shape index (κ3) is 4.46. The van der Waals surface area contributed by atoms with Crippen LogP contribution >= 0.6 is 11.8 Å². The van der Waals surface area contributed by atoms with E-state index in [-0.39, 0.29) is 17.7 Å². The number of benzene rings is 2. The summed E-state index contributed by atoms with van der Waals surface area (Å²) in [6.07, 6.45) is 3.21. The van der Waals surface area contributed by atoms with Crippen molar-refractivity contribution in [1.29, 1.82) is 0 Å². The molecule has 0 unspecified atom stereocenters. The van der Waals surface area contributed by atoms with Crippen LogP contribution in [0.1, 0.15) is 16.7 Å². The van der Waals surface area contributed by atoms with Gasteiger partial charge in [-0.15, -0.1) is 6.58 Å². The number of rotatable bonds is 7. The Bertz CT molecular complexity index is 951. The standard InChI is InChI=1S/C22H21NO4S/c1-4-10-23-21(24)20(28-22(23)25)13-16-8-9-18(19(12-16)26-3)27-14-17-7-5-6-15(2)11-17/h4-9,11-13H,1,10,14H2,2-3H3. The number of carbonyl (C=O) groups is 2. The molecule has 0 saturated carbocycles. The van der Waals surface area contributed by atoms with Crippen molar-refractivity contribution >= 4 is 29.0 Å². The second kappa shape index (κ2) is 8.80. The molecule has 2 aromatic carbocycles. The maximum Gasteiger partial charge on any atom is 0.293 e. The van der Waals surface area contributed by atoms with Crippen LogP contribution in [0.15, 0.2) is 60.0 Å². The highest BCUT2D eigenvalue weighted by Crippen LogP contribution is 2.34. The summed E-state index contributed by atoms with van der Waals surface area (Å²) in [7, 11) is 1.57. The van der Waals surface area contributed by atoms with Crippen LogP contribution in [0.25, 0.3) is 6.08 Å². The third-order valence-corrected chi connectivity index (χ3v) is 5.05. The fraction of sp³-hybridized carbons (Fsp3) is 0.182. The smallest absolute Gasteiger partial charge is 0.293 e. The van der Waals surface area contributed by atoms with Gasteiger partial charge in [-0.25, -0.2) is 0 Å². The van der Waals surface area contributed by atoms with Crippen molar-refractivity contribution in [3.8, 4) is 11.5 Å². The fourth-order valence-corrected chi connectivity index (χ4v) is 3.64. The van der Waals surface area contributed by atoms with E-state index in [2.05, 4.69) is 12.6 Å². The predicted octanol–water partition coefficient (Wildman–Crippen LogP) is 4.80. The first-order valence-corrected chi connectivity index (χ1v) is 9.56. The Labute approximate surface area is 168 Å². The molecule has 0 N–H and O–H groups in total. The summed E-state index contributed by atoms with van der Waals surface area (Å²) in [5.74, 6) is 0.862. The summed E-state index contributed by atoms with van der Waals surface area (Å²) in [6.45, 7) is 6.24. The second-order valence-electron chi connectivity index (χ2n) is 6.27. The van der Waals surface area contributed by atoms with Gasteiger partial charge in [0.1, 0.15) is 6.61 Å². The van der Waals surface area contributed by atoms with E-state index in [1.807, 2.05) is 31.2 Å². The van der Waals surface area contributed by atoms with Crippen molar-refractivity contribution in [2.45, 2.75) is 13.5 Å². The number of hydrogen-bond donors (Lipinski definition) is 0. The molecule has 1 aliphatic rings. The molecule has 1 saturated heterocycles. The van der Waals surface area contributed by atoms with E-state index >= 15 is 0 Å². The van der Waals surface area contributed by atoms with Crippen LogP contribution in [-0.2, 0) is 11.4 Å². The van der Waals surface area contributed by atoms with Crippen LogP contribution in [0, 0.1) is 6.92 Å². The minimum atomic E-state index is -0.311. The molecule has 0 atom stereocenters. The third-order valence-electron chi connectivity index (χ3n) is 4.15. The molecule has 144 valence electrons. The zero-order valence-electron chi connectivity index (χ0n) is 15.8. The van der Waals surface area contributed by atoms with E-state index in [1.54, 1.807) is 25.3 Å². The molecule has 3 rings (SSSR count). The topological polar surface area (TPSA) is 55.8 Å². The Hall–Kier alpha value is -2.99. The monoisotopic (exact) mass is 395 g/mol. The number of imide groups is 1. The largest absolute Gasteiger partial charge is 0.493 e. The van der Waals surface area contributed by atoms with Crippen molar-refractivity contribution in [2.24, 2.45) is 0 Å². The van der Waals surface area contributed by atoms with Gasteiger partial charge in [-0.1, -0.05) is 42.0 Å². The highest BCUT2D eigenvalue weighted by atomic mass is 32.2. The lowest BCUT2D eigenvalue weighted by atomic mass is 10.1. The first kappa shape index (κ1) is 19.8. The van der Waals surface area contributed by atoms with Crippen LogP contribution in [0.3, 0.4) is 0 Å².